The molecule has 0 aliphatic rings. The molecular formula is C11H16N4. The first kappa shape index (κ1) is 11.3. The summed E-state index contributed by atoms with van der Waals surface area (Å²) < 4.78 is 0. The molecule has 1 heterocycles. The normalized spacial score (nSPS) is 9.60. The molecule has 4 heteroatoms. The maximum absolute atomic E-state index is 8.40. The van der Waals surface area contributed by atoms with Gasteiger partial charge in [-0.2, -0.15) is 5.26 Å². The van der Waals surface area contributed by atoms with Gasteiger partial charge >= 0.3 is 0 Å². The van der Waals surface area contributed by atoms with Crippen LogP contribution in [0.15, 0.2) is 18.5 Å². The Balaban J connectivity index is 2.44. The topological polar surface area (TPSA) is 65.9 Å². The van der Waals surface area contributed by atoms with Gasteiger partial charge in [-0.25, -0.2) is 0 Å². The molecule has 0 bridgehead atoms. The van der Waals surface area contributed by atoms with Gasteiger partial charge in [0, 0.05) is 26.2 Å². The fraction of sp³-hybridized carbons (Fsp3) is 0.455. The zero-order valence-corrected chi connectivity index (χ0v) is 8.98. The molecule has 0 spiro atoms. The maximum Gasteiger partial charge on any atom is 0.0738 e. The van der Waals surface area contributed by atoms with E-state index in [1.165, 1.54) is 0 Å². The van der Waals surface area contributed by atoms with Crippen molar-refractivity contribution in [2.45, 2.75) is 19.3 Å². The van der Waals surface area contributed by atoms with Gasteiger partial charge in [0.2, 0.25) is 0 Å². The van der Waals surface area contributed by atoms with Gasteiger partial charge in [-0.3, -0.25) is 4.98 Å². The molecule has 0 aliphatic heterocycles. The van der Waals surface area contributed by atoms with E-state index < -0.39 is 0 Å². The third kappa shape index (κ3) is 3.47. The number of anilines is 2. The average Bonchev–Trinajstić information content (AvgIpc) is 2.25. The molecule has 4 nitrogen and oxygen atoms in total. The lowest BCUT2D eigenvalue weighted by atomic mass is 10.2. The molecule has 0 saturated heterocycles. The second-order valence-electron chi connectivity index (χ2n) is 3.47. The molecule has 0 aromatic carbocycles. The van der Waals surface area contributed by atoms with Crippen molar-refractivity contribution in [1.82, 2.24) is 4.98 Å². The fourth-order valence-electron chi connectivity index (χ4n) is 1.42. The number of nitriles is 1. The second-order valence-corrected chi connectivity index (χ2v) is 3.47. The molecule has 1 rings (SSSR count). The Hall–Kier alpha value is -1.76. The van der Waals surface area contributed by atoms with Crippen molar-refractivity contribution < 1.29 is 0 Å². The summed E-state index contributed by atoms with van der Waals surface area (Å²) in [5.41, 5.74) is 7.49. The van der Waals surface area contributed by atoms with Crippen molar-refractivity contribution in [3.05, 3.63) is 18.5 Å². The molecule has 0 unspecified atom stereocenters. The summed E-state index contributed by atoms with van der Waals surface area (Å²) in [6.07, 6.45) is 5.95. The number of unbranched alkanes of at least 4 members (excludes halogenated alkanes) is 2. The second kappa shape index (κ2) is 5.86. The van der Waals surface area contributed by atoms with Crippen LogP contribution in [0.5, 0.6) is 0 Å². The van der Waals surface area contributed by atoms with Crippen molar-refractivity contribution in [2.75, 3.05) is 24.2 Å². The minimum Gasteiger partial charge on any atom is -0.396 e. The van der Waals surface area contributed by atoms with Gasteiger partial charge in [-0.15, -0.1) is 0 Å². The van der Waals surface area contributed by atoms with E-state index in [4.69, 9.17) is 11.0 Å². The number of nitrogens with zero attached hydrogens (tertiary/aromatic N) is 3. The summed E-state index contributed by atoms with van der Waals surface area (Å²) in [5, 5.41) is 8.40. The smallest absolute Gasteiger partial charge is 0.0738 e. The number of rotatable bonds is 5. The van der Waals surface area contributed by atoms with Gasteiger partial charge in [-0.05, 0) is 18.9 Å². The molecule has 1 aromatic rings. The van der Waals surface area contributed by atoms with E-state index in [0.717, 1.165) is 25.1 Å². The van der Waals surface area contributed by atoms with Crippen LogP contribution in [0.4, 0.5) is 11.4 Å². The van der Waals surface area contributed by atoms with Gasteiger partial charge in [0.25, 0.3) is 0 Å². The Morgan fingerprint density at radius 2 is 2.33 bits per heavy atom. The molecule has 0 saturated carbocycles. The first-order chi connectivity index (χ1) is 7.25. The number of aromatic nitrogens is 1. The number of hydrogen-bond donors (Lipinski definition) is 1. The quantitative estimate of drug-likeness (QED) is 0.742. The van der Waals surface area contributed by atoms with Gasteiger partial charge < -0.3 is 10.6 Å². The average molecular weight is 204 g/mol. The summed E-state index contributed by atoms with van der Waals surface area (Å²) in [4.78, 5) is 6.03. The van der Waals surface area contributed by atoms with E-state index in [9.17, 15) is 0 Å². The van der Waals surface area contributed by atoms with E-state index in [-0.39, 0.29) is 0 Å². The Morgan fingerprint density at radius 3 is 3.00 bits per heavy atom. The van der Waals surface area contributed by atoms with Crippen LogP contribution >= 0.6 is 0 Å². The van der Waals surface area contributed by atoms with E-state index in [1.807, 2.05) is 13.1 Å². The highest BCUT2D eigenvalue weighted by molar-refractivity contribution is 5.65. The Labute approximate surface area is 90.3 Å². The van der Waals surface area contributed by atoms with E-state index in [1.54, 1.807) is 12.4 Å². The van der Waals surface area contributed by atoms with Crippen LogP contribution in [-0.4, -0.2) is 18.6 Å². The van der Waals surface area contributed by atoms with E-state index >= 15 is 0 Å². The zero-order chi connectivity index (χ0) is 11.1. The Morgan fingerprint density at radius 1 is 1.53 bits per heavy atom. The third-order valence-electron chi connectivity index (χ3n) is 2.27. The third-order valence-corrected chi connectivity index (χ3v) is 2.27. The van der Waals surface area contributed by atoms with Gasteiger partial charge in [0.15, 0.2) is 0 Å². The summed E-state index contributed by atoms with van der Waals surface area (Å²) in [6.45, 7) is 0.913. The standard InChI is InChI=1S/C11H16N4/c1-15(8-4-2-3-6-12)11-5-7-14-9-10(11)13/h5,7,9H,2-4,8,13H2,1H3. The Bertz CT molecular complexity index is 343. The lowest BCUT2D eigenvalue weighted by Gasteiger charge is -2.20. The number of pyridine rings is 1. The summed E-state index contributed by atoms with van der Waals surface area (Å²) in [7, 11) is 2.00. The molecule has 80 valence electrons. The monoisotopic (exact) mass is 204 g/mol. The molecule has 1 aromatic heterocycles. The van der Waals surface area contributed by atoms with Crippen LogP contribution in [0.25, 0.3) is 0 Å². The largest absolute Gasteiger partial charge is 0.396 e. The first-order valence-corrected chi connectivity index (χ1v) is 5.03. The highest BCUT2D eigenvalue weighted by Gasteiger charge is 2.03. The Kier molecular flexibility index (Phi) is 4.42. The molecule has 0 amide bonds. The van der Waals surface area contributed by atoms with Crippen LogP contribution in [0.2, 0.25) is 0 Å². The minimum atomic E-state index is 0.625. The van der Waals surface area contributed by atoms with Crippen molar-refractivity contribution in [1.29, 1.82) is 5.26 Å². The SMILES string of the molecule is CN(CCCCC#N)c1ccncc1N. The molecule has 0 fully saturated rings. The number of hydrogen-bond acceptors (Lipinski definition) is 4. The fourth-order valence-corrected chi connectivity index (χ4v) is 1.42. The maximum atomic E-state index is 8.40. The summed E-state index contributed by atoms with van der Waals surface area (Å²) in [5.74, 6) is 0. The molecule has 0 atom stereocenters. The number of nitrogens with two attached hydrogens (primary N) is 1. The lowest BCUT2D eigenvalue weighted by Crippen LogP contribution is -2.19. The van der Waals surface area contributed by atoms with Crippen LogP contribution in [0.3, 0.4) is 0 Å². The van der Waals surface area contributed by atoms with Crippen LogP contribution < -0.4 is 10.6 Å². The van der Waals surface area contributed by atoms with Crippen LogP contribution in [0, 0.1) is 11.3 Å². The van der Waals surface area contributed by atoms with Crippen molar-refractivity contribution >= 4 is 11.4 Å². The van der Waals surface area contributed by atoms with Gasteiger partial charge in [-0.1, -0.05) is 0 Å². The highest BCUT2D eigenvalue weighted by atomic mass is 15.1. The summed E-state index contributed by atoms with van der Waals surface area (Å²) >= 11 is 0. The minimum absolute atomic E-state index is 0.625. The number of nitrogen functional groups attached to an aromatic ring is 1. The molecule has 0 aliphatic carbocycles. The lowest BCUT2D eigenvalue weighted by molar-refractivity contribution is 0.734. The van der Waals surface area contributed by atoms with Crippen LogP contribution in [0.1, 0.15) is 19.3 Å². The molecule has 0 radical (unpaired) electrons. The zero-order valence-electron chi connectivity index (χ0n) is 8.98. The summed E-state index contributed by atoms with van der Waals surface area (Å²) in [6, 6.07) is 4.04. The first-order valence-electron chi connectivity index (χ1n) is 5.03. The van der Waals surface area contributed by atoms with Gasteiger partial charge in [0.05, 0.1) is 23.6 Å². The molecule has 2 N–H and O–H groups in total. The predicted molar refractivity (Wildman–Crippen MR) is 61.4 cm³/mol. The van der Waals surface area contributed by atoms with Gasteiger partial charge in [0.1, 0.15) is 0 Å². The highest BCUT2D eigenvalue weighted by Crippen LogP contribution is 2.19. The predicted octanol–water partition coefficient (Wildman–Crippen LogP) is 1.79. The van der Waals surface area contributed by atoms with Crippen LogP contribution in [-0.2, 0) is 0 Å². The molecule has 15 heavy (non-hydrogen) atoms. The van der Waals surface area contributed by atoms with Crippen molar-refractivity contribution in [2.24, 2.45) is 0 Å². The van der Waals surface area contributed by atoms with Crippen molar-refractivity contribution in [3.8, 4) is 6.07 Å². The van der Waals surface area contributed by atoms with E-state index in [2.05, 4.69) is 16.0 Å². The van der Waals surface area contributed by atoms with E-state index in [0.29, 0.717) is 12.1 Å². The van der Waals surface area contributed by atoms with Crippen molar-refractivity contribution in [3.63, 3.8) is 0 Å². The molecular weight excluding hydrogens is 188 g/mol.